The minimum absolute atomic E-state index is 0.612. The van der Waals surface area contributed by atoms with Crippen LogP contribution in [0.4, 0.5) is 0 Å². The Morgan fingerprint density at radius 2 is 1.94 bits per heavy atom. The zero-order valence-electron chi connectivity index (χ0n) is 9.56. The number of halogens is 2. The van der Waals surface area contributed by atoms with Gasteiger partial charge in [-0.1, -0.05) is 29.3 Å². The molecule has 0 N–H and O–H groups in total. The molecule has 18 heavy (non-hydrogen) atoms. The van der Waals surface area contributed by atoms with E-state index in [4.69, 9.17) is 23.2 Å². The number of fused-ring (bicyclic) bond motifs is 1. The Kier molecular flexibility index (Phi) is 2.73. The van der Waals surface area contributed by atoms with Gasteiger partial charge in [-0.3, -0.25) is 9.67 Å². The van der Waals surface area contributed by atoms with Gasteiger partial charge in [0.15, 0.2) is 0 Å². The largest absolute Gasteiger partial charge is 0.273 e. The molecule has 0 amide bonds. The maximum absolute atomic E-state index is 6.23. The molecule has 0 aliphatic heterocycles. The third kappa shape index (κ3) is 1.85. The first-order chi connectivity index (χ1) is 8.65. The van der Waals surface area contributed by atoms with Crippen LogP contribution in [0.1, 0.15) is 0 Å². The number of pyridine rings is 1. The van der Waals surface area contributed by atoms with Crippen LogP contribution >= 0.6 is 23.2 Å². The summed E-state index contributed by atoms with van der Waals surface area (Å²) in [6, 6.07) is 7.35. The predicted octanol–water partition coefficient (Wildman–Crippen LogP) is 3.94. The van der Waals surface area contributed by atoms with Crippen molar-refractivity contribution >= 4 is 34.2 Å². The van der Waals surface area contributed by atoms with Gasteiger partial charge in [-0.15, -0.1) is 0 Å². The van der Waals surface area contributed by atoms with Crippen LogP contribution in [-0.4, -0.2) is 14.8 Å². The molecule has 3 rings (SSSR count). The van der Waals surface area contributed by atoms with E-state index < -0.39 is 0 Å². The van der Waals surface area contributed by atoms with Crippen molar-refractivity contribution in [3.8, 4) is 11.1 Å². The highest BCUT2D eigenvalue weighted by molar-refractivity contribution is 6.36. The van der Waals surface area contributed by atoms with Crippen LogP contribution in [0.2, 0.25) is 10.0 Å². The standard InChI is InChI=1S/C13H9Cl2N3/c1-18-7-12-13(17-18)10(4-5-16-12)9-3-2-8(14)6-11(9)15/h2-7H,1H3. The molecular formula is C13H9Cl2N3. The summed E-state index contributed by atoms with van der Waals surface area (Å²) in [5, 5.41) is 5.65. The summed E-state index contributed by atoms with van der Waals surface area (Å²) in [6.45, 7) is 0. The summed E-state index contributed by atoms with van der Waals surface area (Å²) < 4.78 is 1.74. The molecule has 3 nitrogen and oxygen atoms in total. The maximum Gasteiger partial charge on any atom is 0.119 e. The lowest BCUT2D eigenvalue weighted by atomic mass is 10.1. The number of nitrogens with zero attached hydrogens (tertiary/aromatic N) is 3. The summed E-state index contributed by atoms with van der Waals surface area (Å²) in [6.07, 6.45) is 3.63. The van der Waals surface area contributed by atoms with E-state index in [0.29, 0.717) is 10.0 Å². The Labute approximate surface area is 114 Å². The smallest absolute Gasteiger partial charge is 0.119 e. The van der Waals surface area contributed by atoms with Gasteiger partial charge in [0.1, 0.15) is 11.0 Å². The Morgan fingerprint density at radius 3 is 2.72 bits per heavy atom. The van der Waals surface area contributed by atoms with E-state index in [9.17, 15) is 0 Å². The lowest BCUT2D eigenvalue weighted by Gasteiger charge is -2.05. The van der Waals surface area contributed by atoms with Gasteiger partial charge in [0, 0.05) is 34.4 Å². The van der Waals surface area contributed by atoms with Crippen LogP contribution in [0, 0.1) is 0 Å². The van der Waals surface area contributed by atoms with Crippen molar-refractivity contribution in [2.24, 2.45) is 7.05 Å². The fourth-order valence-electron chi connectivity index (χ4n) is 1.96. The molecule has 0 unspecified atom stereocenters. The van der Waals surface area contributed by atoms with E-state index in [2.05, 4.69) is 10.1 Å². The van der Waals surface area contributed by atoms with Crippen molar-refractivity contribution in [1.29, 1.82) is 0 Å². The van der Waals surface area contributed by atoms with Gasteiger partial charge in [-0.25, -0.2) is 0 Å². The van der Waals surface area contributed by atoms with Crippen molar-refractivity contribution < 1.29 is 0 Å². The van der Waals surface area contributed by atoms with E-state index >= 15 is 0 Å². The molecule has 0 radical (unpaired) electrons. The first-order valence-corrected chi connectivity index (χ1v) is 6.14. The number of hydrogen-bond donors (Lipinski definition) is 0. The highest BCUT2D eigenvalue weighted by Gasteiger charge is 2.11. The summed E-state index contributed by atoms with van der Waals surface area (Å²) in [5.41, 5.74) is 3.56. The van der Waals surface area contributed by atoms with Crippen molar-refractivity contribution in [2.45, 2.75) is 0 Å². The minimum Gasteiger partial charge on any atom is -0.273 e. The van der Waals surface area contributed by atoms with Crippen LogP contribution in [-0.2, 0) is 7.05 Å². The molecule has 0 spiro atoms. The Bertz CT molecular complexity index is 734. The van der Waals surface area contributed by atoms with Gasteiger partial charge in [-0.2, -0.15) is 5.10 Å². The molecule has 3 aromatic rings. The zero-order valence-corrected chi connectivity index (χ0v) is 11.1. The van der Waals surface area contributed by atoms with Gasteiger partial charge >= 0.3 is 0 Å². The molecule has 0 bridgehead atoms. The third-order valence-electron chi connectivity index (χ3n) is 2.74. The molecule has 5 heteroatoms. The lowest BCUT2D eigenvalue weighted by Crippen LogP contribution is -1.87. The van der Waals surface area contributed by atoms with Gasteiger partial charge < -0.3 is 0 Å². The second-order valence-electron chi connectivity index (χ2n) is 4.02. The summed E-state index contributed by atoms with van der Waals surface area (Å²) in [5.74, 6) is 0. The second-order valence-corrected chi connectivity index (χ2v) is 4.86. The average Bonchev–Trinajstić information content (AvgIpc) is 2.69. The van der Waals surface area contributed by atoms with Gasteiger partial charge in [0.05, 0.1) is 6.20 Å². The highest BCUT2D eigenvalue weighted by Crippen LogP contribution is 2.33. The van der Waals surface area contributed by atoms with E-state index in [1.165, 1.54) is 0 Å². The van der Waals surface area contributed by atoms with Crippen LogP contribution < -0.4 is 0 Å². The Hall–Kier alpha value is -1.58. The summed E-state index contributed by atoms with van der Waals surface area (Å²) in [4.78, 5) is 4.28. The molecule has 1 aromatic carbocycles. The van der Waals surface area contributed by atoms with Crippen LogP contribution in [0.25, 0.3) is 22.2 Å². The minimum atomic E-state index is 0.612. The van der Waals surface area contributed by atoms with Gasteiger partial charge in [0.25, 0.3) is 0 Å². The number of aromatic nitrogens is 3. The van der Waals surface area contributed by atoms with E-state index in [-0.39, 0.29) is 0 Å². The third-order valence-corrected chi connectivity index (χ3v) is 3.29. The lowest BCUT2D eigenvalue weighted by molar-refractivity contribution is 0.780. The topological polar surface area (TPSA) is 30.7 Å². The molecule has 0 aliphatic rings. The number of hydrogen-bond acceptors (Lipinski definition) is 2. The molecule has 90 valence electrons. The first-order valence-electron chi connectivity index (χ1n) is 5.39. The molecule has 0 atom stereocenters. The van der Waals surface area contributed by atoms with Crippen molar-refractivity contribution in [2.75, 3.05) is 0 Å². The highest BCUT2D eigenvalue weighted by atomic mass is 35.5. The van der Waals surface area contributed by atoms with E-state index in [1.807, 2.05) is 31.4 Å². The Balaban J connectivity index is 2.31. The van der Waals surface area contributed by atoms with Crippen molar-refractivity contribution in [3.05, 3.63) is 46.7 Å². The zero-order chi connectivity index (χ0) is 12.7. The maximum atomic E-state index is 6.23. The van der Waals surface area contributed by atoms with Crippen LogP contribution in [0.5, 0.6) is 0 Å². The SMILES string of the molecule is Cn1cc2nccc(-c3ccc(Cl)cc3Cl)c2n1. The van der Waals surface area contributed by atoms with Gasteiger partial charge in [0.2, 0.25) is 0 Å². The number of benzene rings is 1. The molecule has 0 saturated heterocycles. The Morgan fingerprint density at radius 1 is 1.11 bits per heavy atom. The fraction of sp³-hybridized carbons (Fsp3) is 0.0769. The second kappa shape index (κ2) is 4.26. The molecule has 0 saturated carbocycles. The average molecular weight is 278 g/mol. The van der Waals surface area contributed by atoms with E-state index in [0.717, 1.165) is 22.2 Å². The fourth-order valence-corrected chi connectivity index (χ4v) is 2.47. The first kappa shape index (κ1) is 11.5. The number of aryl methyl sites for hydroxylation is 1. The van der Waals surface area contributed by atoms with Gasteiger partial charge in [-0.05, 0) is 18.2 Å². The monoisotopic (exact) mass is 277 g/mol. The van der Waals surface area contributed by atoms with Crippen molar-refractivity contribution in [3.63, 3.8) is 0 Å². The summed E-state index contributed by atoms with van der Waals surface area (Å²) >= 11 is 12.1. The molecule has 0 aliphatic carbocycles. The van der Waals surface area contributed by atoms with Crippen LogP contribution in [0.3, 0.4) is 0 Å². The summed E-state index contributed by atoms with van der Waals surface area (Å²) in [7, 11) is 1.87. The van der Waals surface area contributed by atoms with Crippen molar-refractivity contribution in [1.82, 2.24) is 14.8 Å². The molecule has 0 fully saturated rings. The predicted molar refractivity (Wildman–Crippen MR) is 74.0 cm³/mol. The normalized spacial score (nSPS) is 11.1. The molecule has 2 heterocycles. The number of rotatable bonds is 1. The van der Waals surface area contributed by atoms with Crippen LogP contribution in [0.15, 0.2) is 36.7 Å². The van der Waals surface area contributed by atoms with E-state index in [1.54, 1.807) is 16.9 Å². The molecular weight excluding hydrogens is 269 g/mol. The quantitative estimate of drug-likeness (QED) is 0.675. The molecule has 2 aromatic heterocycles.